The van der Waals surface area contributed by atoms with Crippen molar-refractivity contribution in [3.05, 3.63) is 71.4 Å². The maximum atomic E-state index is 14.1. The van der Waals surface area contributed by atoms with E-state index in [1.165, 1.54) is 24.1 Å². The smallest absolute Gasteiger partial charge is 0.270 e. The van der Waals surface area contributed by atoms with Crippen LogP contribution in [0.5, 0.6) is 11.5 Å². The number of methoxy groups -OCH3 is 1. The molecule has 1 heterocycles. The van der Waals surface area contributed by atoms with Crippen LogP contribution in [0.15, 0.2) is 60.0 Å². The average molecular weight is 401 g/mol. The van der Waals surface area contributed by atoms with Crippen LogP contribution in [0.2, 0.25) is 0 Å². The number of carbonyl (C=O) groups excluding carboxylic acids is 1. The summed E-state index contributed by atoms with van der Waals surface area (Å²) in [5.41, 5.74) is 0.794. The minimum atomic E-state index is -0.508. The number of halogens is 1. The van der Waals surface area contributed by atoms with Crippen molar-refractivity contribution in [2.24, 2.45) is 0 Å². The van der Waals surface area contributed by atoms with E-state index in [1.807, 2.05) is 0 Å². The Hall–Kier alpha value is -2.64. The molecule has 2 aromatic rings. The molecule has 0 aliphatic carbocycles. The van der Waals surface area contributed by atoms with Crippen LogP contribution < -0.4 is 14.4 Å². The van der Waals surface area contributed by atoms with Crippen LogP contribution in [-0.4, -0.2) is 23.9 Å². The molecule has 1 saturated heterocycles. The molecule has 0 spiro atoms. The van der Waals surface area contributed by atoms with Gasteiger partial charge in [-0.25, -0.2) is 4.39 Å². The fourth-order valence-corrected chi connectivity index (χ4v) is 3.83. The quantitative estimate of drug-likeness (QED) is 0.395. The van der Waals surface area contributed by atoms with E-state index in [9.17, 15) is 9.18 Å². The van der Waals surface area contributed by atoms with E-state index in [4.69, 9.17) is 21.7 Å². The number of rotatable bonds is 6. The zero-order valence-electron chi connectivity index (χ0n) is 14.5. The minimum absolute atomic E-state index is 0.136. The van der Waals surface area contributed by atoms with Gasteiger partial charge in [0, 0.05) is 5.56 Å². The van der Waals surface area contributed by atoms with Gasteiger partial charge in [0.25, 0.3) is 5.91 Å². The molecule has 4 nitrogen and oxygen atoms in total. The molecule has 3 rings (SSSR count). The third-order valence-corrected chi connectivity index (χ3v) is 5.05. The number of nitrogens with zero attached hydrogens (tertiary/aromatic N) is 1. The Morgan fingerprint density at radius 1 is 1.26 bits per heavy atom. The number of para-hydroxylation sites is 2. The zero-order chi connectivity index (χ0) is 19.4. The van der Waals surface area contributed by atoms with Crippen LogP contribution in [0.4, 0.5) is 10.1 Å². The Balaban J connectivity index is 1.99. The van der Waals surface area contributed by atoms with Gasteiger partial charge in [-0.3, -0.25) is 9.69 Å². The molecule has 7 heteroatoms. The zero-order valence-corrected chi connectivity index (χ0v) is 16.1. The van der Waals surface area contributed by atoms with Crippen molar-refractivity contribution in [2.45, 2.75) is 0 Å². The molecule has 0 radical (unpaired) electrons. The number of benzene rings is 2. The number of anilines is 1. The second kappa shape index (κ2) is 8.37. The number of thiocarbonyl (C=S) groups is 1. The fourth-order valence-electron chi connectivity index (χ4n) is 2.55. The van der Waals surface area contributed by atoms with Gasteiger partial charge in [-0.15, -0.1) is 0 Å². The third-order valence-electron chi connectivity index (χ3n) is 3.75. The molecular formula is C20H16FNO3S2. The standard InChI is InChI=1S/C20H16FNO3S2/c1-3-11-25-18-13(7-6-10-16(18)24-2)12-17-19(23)22(20(26)27-17)15-9-5-4-8-14(15)21/h3-10,12H,1,11H2,2H3/b17-12+. The van der Waals surface area contributed by atoms with Gasteiger partial charge in [-0.05, 0) is 24.3 Å². The lowest BCUT2D eigenvalue weighted by Crippen LogP contribution is -2.28. The molecule has 27 heavy (non-hydrogen) atoms. The summed E-state index contributed by atoms with van der Waals surface area (Å²) in [5.74, 6) is 0.144. The van der Waals surface area contributed by atoms with Gasteiger partial charge in [-0.2, -0.15) is 0 Å². The van der Waals surface area contributed by atoms with Crippen molar-refractivity contribution in [3.8, 4) is 11.5 Å². The maximum absolute atomic E-state index is 14.1. The van der Waals surface area contributed by atoms with Gasteiger partial charge in [0.15, 0.2) is 15.8 Å². The molecule has 0 saturated carbocycles. The van der Waals surface area contributed by atoms with E-state index in [0.29, 0.717) is 22.0 Å². The SMILES string of the molecule is C=CCOc1c(/C=C2/SC(=S)N(c3ccccc3F)C2=O)cccc1OC. The van der Waals surface area contributed by atoms with Gasteiger partial charge < -0.3 is 9.47 Å². The number of ether oxygens (including phenoxy) is 2. The first-order valence-corrected chi connectivity index (χ1v) is 9.22. The molecule has 1 fully saturated rings. The van der Waals surface area contributed by atoms with Crippen LogP contribution in [-0.2, 0) is 4.79 Å². The summed E-state index contributed by atoms with van der Waals surface area (Å²) >= 11 is 6.41. The second-order valence-electron chi connectivity index (χ2n) is 5.45. The highest BCUT2D eigenvalue weighted by Gasteiger charge is 2.35. The Bertz CT molecular complexity index is 943. The first-order chi connectivity index (χ1) is 13.1. The molecule has 0 aromatic heterocycles. The van der Waals surface area contributed by atoms with Gasteiger partial charge in [0.05, 0.1) is 17.7 Å². The Kier molecular flexibility index (Phi) is 5.93. The van der Waals surface area contributed by atoms with Crippen LogP contribution in [0.3, 0.4) is 0 Å². The van der Waals surface area contributed by atoms with Crippen LogP contribution in [0.25, 0.3) is 6.08 Å². The first-order valence-electron chi connectivity index (χ1n) is 8.00. The van der Waals surface area contributed by atoms with Crippen molar-refractivity contribution in [2.75, 3.05) is 18.6 Å². The lowest BCUT2D eigenvalue weighted by atomic mass is 10.1. The van der Waals surface area contributed by atoms with Crippen molar-refractivity contribution >= 4 is 46.0 Å². The van der Waals surface area contributed by atoms with E-state index >= 15 is 0 Å². The number of thioether (sulfide) groups is 1. The second-order valence-corrected chi connectivity index (χ2v) is 7.12. The van der Waals surface area contributed by atoms with Crippen LogP contribution in [0, 0.1) is 5.82 Å². The lowest BCUT2D eigenvalue weighted by Gasteiger charge is -2.15. The number of amides is 1. The molecule has 0 atom stereocenters. The normalized spacial score (nSPS) is 15.3. The molecule has 0 unspecified atom stereocenters. The van der Waals surface area contributed by atoms with Gasteiger partial charge >= 0.3 is 0 Å². The summed E-state index contributed by atoms with van der Waals surface area (Å²) in [6, 6.07) is 11.4. The summed E-state index contributed by atoms with van der Waals surface area (Å²) in [6.45, 7) is 3.93. The average Bonchev–Trinajstić information content (AvgIpc) is 2.94. The number of hydrogen-bond donors (Lipinski definition) is 0. The largest absolute Gasteiger partial charge is 0.493 e. The van der Waals surface area contributed by atoms with Crippen LogP contribution >= 0.6 is 24.0 Å². The summed E-state index contributed by atoms with van der Waals surface area (Å²) < 4.78 is 25.4. The molecular weight excluding hydrogens is 385 g/mol. The highest BCUT2D eigenvalue weighted by Crippen LogP contribution is 2.39. The van der Waals surface area contributed by atoms with Gasteiger partial charge in [0.1, 0.15) is 12.4 Å². The van der Waals surface area contributed by atoms with Gasteiger partial charge in [-0.1, -0.05) is 60.9 Å². The van der Waals surface area contributed by atoms with E-state index in [0.717, 1.165) is 11.8 Å². The number of hydrogen-bond acceptors (Lipinski definition) is 5. The van der Waals surface area contributed by atoms with Crippen LogP contribution in [0.1, 0.15) is 5.56 Å². The Morgan fingerprint density at radius 3 is 2.74 bits per heavy atom. The summed E-state index contributed by atoms with van der Waals surface area (Å²) in [7, 11) is 1.54. The molecule has 138 valence electrons. The molecule has 1 amide bonds. The fraction of sp³-hybridized carbons (Fsp3) is 0.100. The first kappa shape index (κ1) is 19.1. The predicted octanol–water partition coefficient (Wildman–Crippen LogP) is 4.80. The topological polar surface area (TPSA) is 38.8 Å². The van der Waals surface area contributed by atoms with Crippen molar-refractivity contribution < 1.29 is 18.7 Å². The molecule has 2 aromatic carbocycles. The molecule has 1 aliphatic rings. The monoisotopic (exact) mass is 401 g/mol. The van der Waals surface area contributed by atoms with Crippen molar-refractivity contribution in [1.82, 2.24) is 0 Å². The minimum Gasteiger partial charge on any atom is -0.493 e. The summed E-state index contributed by atoms with van der Waals surface area (Å²) in [4.78, 5) is 14.4. The molecule has 1 aliphatic heterocycles. The number of carbonyl (C=O) groups is 1. The molecule has 0 bridgehead atoms. The lowest BCUT2D eigenvalue weighted by molar-refractivity contribution is -0.113. The Labute approximate surface area is 166 Å². The van der Waals surface area contributed by atoms with E-state index in [2.05, 4.69) is 6.58 Å². The van der Waals surface area contributed by atoms with Crippen molar-refractivity contribution in [1.29, 1.82) is 0 Å². The van der Waals surface area contributed by atoms with Crippen molar-refractivity contribution in [3.63, 3.8) is 0 Å². The Morgan fingerprint density at radius 2 is 2.04 bits per heavy atom. The maximum Gasteiger partial charge on any atom is 0.270 e. The van der Waals surface area contributed by atoms with Gasteiger partial charge in [0.2, 0.25) is 0 Å². The van der Waals surface area contributed by atoms with E-state index < -0.39 is 5.82 Å². The molecule has 0 N–H and O–H groups in total. The highest BCUT2D eigenvalue weighted by atomic mass is 32.2. The predicted molar refractivity (Wildman–Crippen MR) is 111 cm³/mol. The summed E-state index contributed by atoms with van der Waals surface area (Å²) in [6.07, 6.45) is 3.29. The highest BCUT2D eigenvalue weighted by molar-refractivity contribution is 8.27. The van der Waals surface area contributed by atoms with E-state index in [-0.39, 0.29) is 22.5 Å². The van der Waals surface area contributed by atoms with E-state index in [1.54, 1.807) is 42.5 Å². The third kappa shape index (κ3) is 3.89. The summed E-state index contributed by atoms with van der Waals surface area (Å²) in [5, 5.41) is 0.